The van der Waals surface area contributed by atoms with Gasteiger partial charge >= 0.3 is 0 Å². The van der Waals surface area contributed by atoms with Crippen molar-refractivity contribution in [3.63, 3.8) is 0 Å². The molecule has 136 valence electrons. The fourth-order valence-electron chi connectivity index (χ4n) is 3.51. The number of amides is 2. The molecule has 0 unspecified atom stereocenters. The van der Waals surface area contributed by atoms with Crippen molar-refractivity contribution in [2.45, 2.75) is 19.4 Å². The molecule has 2 amide bonds. The maximum atomic E-state index is 11.9. The Morgan fingerprint density at radius 1 is 1.04 bits per heavy atom. The Morgan fingerprint density at radius 2 is 1.77 bits per heavy atom. The highest BCUT2D eigenvalue weighted by Gasteiger charge is 2.35. The summed E-state index contributed by atoms with van der Waals surface area (Å²) in [5.74, 6) is -0.163. The highest BCUT2D eigenvalue weighted by Crippen LogP contribution is 2.22. The van der Waals surface area contributed by atoms with Gasteiger partial charge in [-0.2, -0.15) is 5.10 Å². The maximum Gasteiger partial charge on any atom is 0.244 e. The number of aromatic nitrogens is 2. The molecule has 7 nitrogen and oxygen atoms in total. The topological polar surface area (TPSA) is 61.7 Å². The summed E-state index contributed by atoms with van der Waals surface area (Å²) in [5.41, 5.74) is 2.11. The van der Waals surface area contributed by atoms with Crippen LogP contribution in [0.15, 0.2) is 36.7 Å². The third kappa shape index (κ3) is 3.38. The molecule has 0 spiro atoms. The van der Waals surface area contributed by atoms with E-state index in [2.05, 4.69) is 10.00 Å². The number of hydrazine groups is 1. The molecule has 3 heterocycles. The molecule has 8 heteroatoms. The molecule has 2 fully saturated rings. The lowest BCUT2D eigenvalue weighted by Gasteiger charge is -2.38. The standard InChI is InChI=1S/C18H20ClN5O2/c19-15-3-2-14(16(12-15)23-7-1-6-20-23)13-21-8-10-22(11-9-21)24-17(25)4-5-18(24)26/h1-3,6-7,12H,4-5,8-11,13H2. The smallest absolute Gasteiger partial charge is 0.244 e. The van der Waals surface area contributed by atoms with Crippen LogP contribution >= 0.6 is 11.6 Å². The molecule has 1 aromatic carbocycles. The molecule has 0 saturated carbocycles. The molecule has 0 bridgehead atoms. The Balaban J connectivity index is 1.44. The van der Waals surface area contributed by atoms with Crippen LogP contribution in [-0.2, 0) is 16.1 Å². The zero-order valence-electron chi connectivity index (χ0n) is 14.3. The van der Waals surface area contributed by atoms with Gasteiger partial charge in [-0.3, -0.25) is 14.5 Å². The zero-order chi connectivity index (χ0) is 18.1. The van der Waals surface area contributed by atoms with E-state index >= 15 is 0 Å². The molecule has 2 saturated heterocycles. The second-order valence-corrected chi connectivity index (χ2v) is 6.99. The summed E-state index contributed by atoms with van der Waals surface area (Å²) in [5, 5.41) is 8.21. The average Bonchev–Trinajstić information content (AvgIpc) is 3.28. The summed E-state index contributed by atoms with van der Waals surface area (Å²) in [4.78, 5) is 26.1. The maximum absolute atomic E-state index is 11.9. The third-order valence-electron chi connectivity index (χ3n) is 4.85. The number of imide groups is 1. The van der Waals surface area contributed by atoms with E-state index in [-0.39, 0.29) is 11.8 Å². The quantitative estimate of drug-likeness (QED) is 0.763. The minimum atomic E-state index is -0.0814. The normalized spacial score (nSPS) is 19.5. The van der Waals surface area contributed by atoms with Gasteiger partial charge in [0.25, 0.3) is 0 Å². The number of carbonyl (C=O) groups excluding carboxylic acids is 2. The van der Waals surface area contributed by atoms with Gasteiger partial charge in [0, 0.05) is 63.0 Å². The van der Waals surface area contributed by atoms with Crippen LogP contribution in [0, 0.1) is 0 Å². The summed E-state index contributed by atoms with van der Waals surface area (Å²) < 4.78 is 1.82. The Bertz CT molecular complexity index is 799. The molecule has 26 heavy (non-hydrogen) atoms. The van der Waals surface area contributed by atoms with Crippen molar-refractivity contribution < 1.29 is 9.59 Å². The van der Waals surface area contributed by atoms with Crippen LogP contribution in [0.2, 0.25) is 5.02 Å². The molecule has 2 aliphatic heterocycles. The fraction of sp³-hybridized carbons (Fsp3) is 0.389. The summed E-state index contributed by atoms with van der Waals surface area (Å²) in [7, 11) is 0. The zero-order valence-corrected chi connectivity index (χ0v) is 15.1. The van der Waals surface area contributed by atoms with Crippen molar-refractivity contribution >= 4 is 23.4 Å². The van der Waals surface area contributed by atoms with Crippen LogP contribution in [0.4, 0.5) is 0 Å². The number of hydrogen-bond acceptors (Lipinski definition) is 5. The first-order valence-electron chi connectivity index (χ1n) is 8.73. The van der Waals surface area contributed by atoms with Gasteiger partial charge in [-0.05, 0) is 23.8 Å². The monoisotopic (exact) mass is 373 g/mol. The van der Waals surface area contributed by atoms with Crippen molar-refractivity contribution in [2.75, 3.05) is 26.2 Å². The second kappa shape index (κ2) is 7.19. The van der Waals surface area contributed by atoms with Gasteiger partial charge in [0.1, 0.15) is 0 Å². The summed E-state index contributed by atoms with van der Waals surface area (Å²) >= 11 is 6.16. The molecule has 0 aliphatic carbocycles. The van der Waals surface area contributed by atoms with Crippen LogP contribution in [-0.4, -0.2) is 62.7 Å². The third-order valence-corrected chi connectivity index (χ3v) is 5.08. The highest BCUT2D eigenvalue weighted by atomic mass is 35.5. The van der Waals surface area contributed by atoms with Crippen molar-refractivity contribution in [3.8, 4) is 5.69 Å². The molecular weight excluding hydrogens is 354 g/mol. The minimum Gasteiger partial charge on any atom is -0.296 e. The van der Waals surface area contributed by atoms with Gasteiger partial charge < -0.3 is 0 Å². The van der Waals surface area contributed by atoms with Gasteiger partial charge in [-0.25, -0.2) is 14.7 Å². The Labute approximate surface area is 156 Å². The summed E-state index contributed by atoms with van der Waals surface area (Å²) in [6.45, 7) is 3.68. The number of nitrogens with zero attached hydrogens (tertiary/aromatic N) is 5. The number of benzene rings is 1. The lowest BCUT2D eigenvalue weighted by atomic mass is 10.1. The number of carbonyl (C=O) groups is 2. The van der Waals surface area contributed by atoms with Crippen LogP contribution in [0.3, 0.4) is 0 Å². The first-order chi connectivity index (χ1) is 12.6. The van der Waals surface area contributed by atoms with Gasteiger partial charge in [0.15, 0.2) is 0 Å². The predicted molar refractivity (Wildman–Crippen MR) is 96.5 cm³/mol. The first-order valence-corrected chi connectivity index (χ1v) is 9.11. The van der Waals surface area contributed by atoms with Crippen LogP contribution < -0.4 is 0 Å². The molecule has 2 aliphatic rings. The Morgan fingerprint density at radius 3 is 2.42 bits per heavy atom. The largest absolute Gasteiger partial charge is 0.296 e. The average molecular weight is 374 g/mol. The number of halogens is 1. The fourth-order valence-corrected chi connectivity index (χ4v) is 3.68. The summed E-state index contributed by atoms with van der Waals surface area (Å²) in [6, 6.07) is 7.72. The lowest BCUT2D eigenvalue weighted by molar-refractivity contribution is -0.160. The van der Waals surface area contributed by atoms with Crippen molar-refractivity contribution in [2.24, 2.45) is 0 Å². The molecule has 0 N–H and O–H groups in total. The van der Waals surface area contributed by atoms with Crippen LogP contribution in [0.25, 0.3) is 5.69 Å². The van der Waals surface area contributed by atoms with Gasteiger partial charge in [-0.1, -0.05) is 17.7 Å². The van der Waals surface area contributed by atoms with E-state index in [1.165, 1.54) is 5.01 Å². The minimum absolute atomic E-state index is 0.0814. The lowest BCUT2D eigenvalue weighted by Crippen LogP contribution is -2.55. The Kier molecular flexibility index (Phi) is 4.76. The van der Waals surface area contributed by atoms with Crippen molar-refractivity contribution in [3.05, 3.63) is 47.2 Å². The molecule has 1 aromatic heterocycles. The highest BCUT2D eigenvalue weighted by molar-refractivity contribution is 6.30. The first kappa shape index (κ1) is 17.2. The SMILES string of the molecule is O=C1CCC(=O)N1N1CCN(Cc2ccc(Cl)cc2-n2cccn2)CC1. The molecule has 0 radical (unpaired) electrons. The van der Waals surface area contributed by atoms with Gasteiger partial charge in [-0.15, -0.1) is 0 Å². The second-order valence-electron chi connectivity index (χ2n) is 6.55. The molecular formula is C18H20ClN5O2. The van der Waals surface area contributed by atoms with E-state index in [9.17, 15) is 9.59 Å². The molecule has 2 aromatic rings. The predicted octanol–water partition coefficient (Wildman–Crippen LogP) is 1.71. The number of hydrogen-bond donors (Lipinski definition) is 0. The summed E-state index contributed by atoms with van der Waals surface area (Å²) in [6.07, 6.45) is 4.30. The van der Waals surface area contributed by atoms with E-state index in [4.69, 9.17) is 11.6 Å². The van der Waals surface area contributed by atoms with E-state index in [0.717, 1.165) is 30.9 Å². The molecule has 0 atom stereocenters. The van der Waals surface area contributed by atoms with E-state index < -0.39 is 0 Å². The Hall–Kier alpha value is -2.22. The van der Waals surface area contributed by atoms with E-state index in [0.29, 0.717) is 31.0 Å². The van der Waals surface area contributed by atoms with E-state index in [1.807, 2.05) is 40.2 Å². The van der Waals surface area contributed by atoms with Crippen LogP contribution in [0.1, 0.15) is 18.4 Å². The van der Waals surface area contributed by atoms with Gasteiger partial charge in [0.05, 0.1) is 5.69 Å². The van der Waals surface area contributed by atoms with Crippen LogP contribution in [0.5, 0.6) is 0 Å². The van der Waals surface area contributed by atoms with Crippen molar-refractivity contribution in [1.29, 1.82) is 0 Å². The van der Waals surface area contributed by atoms with E-state index in [1.54, 1.807) is 6.20 Å². The number of piperazine rings is 1. The van der Waals surface area contributed by atoms with Crippen molar-refractivity contribution in [1.82, 2.24) is 24.7 Å². The molecule has 4 rings (SSSR count). The van der Waals surface area contributed by atoms with Gasteiger partial charge in [0.2, 0.25) is 11.8 Å². The number of rotatable bonds is 4.